The summed E-state index contributed by atoms with van der Waals surface area (Å²) in [4.78, 5) is 24.8. The van der Waals surface area contributed by atoms with Crippen LogP contribution in [0.25, 0.3) is 0 Å². The van der Waals surface area contributed by atoms with Crippen LogP contribution in [0, 0.1) is 0 Å². The van der Waals surface area contributed by atoms with E-state index in [0.717, 1.165) is 10.9 Å². The first-order chi connectivity index (χ1) is 10.9. The largest absolute Gasteiger partial charge is 0.319 e. The minimum atomic E-state index is -0.310. The average molecular weight is 325 g/mol. The zero-order chi connectivity index (χ0) is 17.0. The van der Waals surface area contributed by atoms with Gasteiger partial charge in [-0.1, -0.05) is 62.9 Å². The smallest absolute Gasteiger partial charge is 0.256 e. The van der Waals surface area contributed by atoms with Gasteiger partial charge in [-0.2, -0.15) is 0 Å². The molecule has 4 heteroatoms. The predicted octanol–water partition coefficient (Wildman–Crippen LogP) is 3.44. The SMILES string of the molecule is C=C(NC(=O)c1ccccc1C(C)C)C(=O)c1ccc(P)cc1. The number of hydrogen-bond acceptors (Lipinski definition) is 2. The maximum atomic E-state index is 12.4. The van der Waals surface area contributed by atoms with Crippen molar-refractivity contribution in [2.24, 2.45) is 0 Å². The molecule has 0 heterocycles. The molecular weight excluding hydrogens is 305 g/mol. The van der Waals surface area contributed by atoms with Crippen molar-refractivity contribution in [3.8, 4) is 0 Å². The van der Waals surface area contributed by atoms with E-state index in [1.54, 1.807) is 18.2 Å². The lowest BCUT2D eigenvalue weighted by atomic mass is 9.96. The Kier molecular flexibility index (Phi) is 5.46. The third-order valence-corrected chi connectivity index (χ3v) is 3.92. The molecule has 0 aliphatic rings. The lowest BCUT2D eigenvalue weighted by Gasteiger charge is -2.13. The molecule has 0 saturated heterocycles. The molecule has 0 saturated carbocycles. The number of hydrogen-bond donors (Lipinski definition) is 1. The van der Waals surface area contributed by atoms with Gasteiger partial charge in [-0.05, 0) is 22.9 Å². The van der Waals surface area contributed by atoms with E-state index in [2.05, 4.69) is 21.1 Å². The van der Waals surface area contributed by atoms with Gasteiger partial charge < -0.3 is 5.32 Å². The number of allylic oxidation sites excluding steroid dienone is 1. The van der Waals surface area contributed by atoms with Gasteiger partial charge in [0.2, 0.25) is 5.78 Å². The molecule has 0 aliphatic carbocycles. The molecule has 1 N–H and O–H groups in total. The number of amides is 1. The molecule has 118 valence electrons. The molecule has 2 rings (SSSR count). The molecule has 0 bridgehead atoms. The Bertz CT molecular complexity index is 748. The molecule has 0 aliphatic heterocycles. The van der Waals surface area contributed by atoms with Crippen LogP contribution in [0.5, 0.6) is 0 Å². The minimum Gasteiger partial charge on any atom is -0.319 e. The molecule has 1 amide bonds. The van der Waals surface area contributed by atoms with Crippen LogP contribution in [0.1, 0.15) is 46.0 Å². The van der Waals surface area contributed by atoms with Gasteiger partial charge in [0.1, 0.15) is 0 Å². The summed E-state index contributed by atoms with van der Waals surface area (Å²) in [5.41, 5.74) is 2.08. The van der Waals surface area contributed by atoms with Gasteiger partial charge in [-0.25, -0.2) is 0 Å². The fourth-order valence-corrected chi connectivity index (χ4v) is 2.47. The topological polar surface area (TPSA) is 46.2 Å². The lowest BCUT2D eigenvalue weighted by Crippen LogP contribution is -2.27. The first-order valence-electron chi connectivity index (χ1n) is 7.39. The molecule has 1 unspecified atom stereocenters. The fraction of sp³-hybridized carbons (Fsp3) is 0.158. The van der Waals surface area contributed by atoms with Crippen molar-refractivity contribution >= 4 is 26.2 Å². The Labute approximate surface area is 139 Å². The van der Waals surface area contributed by atoms with E-state index in [-0.39, 0.29) is 23.3 Å². The average Bonchev–Trinajstić information content (AvgIpc) is 2.54. The Balaban J connectivity index is 2.15. The van der Waals surface area contributed by atoms with Crippen molar-refractivity contribution in [1.82, 2.24) is 5.32 Å². The van der Waals surface area contributed by atoms with Crippen molar-refractivity contribution in [3.05, 3.63) is 77.5 Å². The summed E-state index contributed by atoms with van der Waals surface area (Å²) in [5.74, 6) is -0.379. The first-order valence-corrected chi connectivity index (χ1v) is 7.97. The van der Waals surface area contributed by atoms with Gasteiger partial charge in [0.05, 0.1) is 5.70 Å². The Morgan fingerprint density at radius 2 is 1.65 bits per heavy atom. The van der Waals surface area contributed by atoms with Crippen molar-refractivity contribution in [1.29, 1.82) is 0 Å². The van der Waals surface area contributed by atoms with Crippen LogP contribution >= 0.6 is 9.24 Å². The second kappa shape index (κ2) is 7.34. The van der Waals surface area contributed by atoms with Crippen LogP contribution in [0.3, 0.4) is 0 Å². The number of rotatable bonds is 5. The molecule has 1 atom stereocenters. The van der Waals surface area contributed by atoms with Crippen LogP contribution in [0.15, 0.2) is 60.8 Å². The molecule has 3 nitrogen and oxygen atoms in total. The maximum absolute atomic E-state index is 12.4. The summed E-state index contributed by atoms with van der Waals surface area (Å²) in [6, 6.07) is 14.4. The monoisotopic (exact) mass is 325 g/mol. The van der Waals surface area contributed by atoms with E-state index < -0.39 is 0 Å². The van der Waals surface area contributed by atoms with Crippen molar-refractivity contribution in [3.63, 3.8) is 0 Å². The summed E-state index contributed by atoms with van der Waals surface area (Å²) in [7, 11) is 2.56. The standard InChI is InChI=1S/C19H20NO2P/c1-12(2)16-6-4-5-7-17(16)19(22)20-13(3)18(21)14-8-10-15(23)11-9-14/h4-12H,3,23H2,1-2H3,(H,20,22). The van der Waals surface area contributed by atoms with Gasteiger partial charge in [-0.3, -0.25) is 9.59 Å². The number of nitrogens with one attached hydrogen (secondary N) is 1. The normalized spacial score (nSPS) is 10.4. The van der Waals surface area contributed by atoms with E-state index in [9.17, 15) is 9.59 Å². The third-order valence-electron chi connectivity index (χ3n) is 3.54. The third kappa shape index (κ3) is 4.14. The van der Waals surface area contributed by atoms with Gasteiger partial charge in [0.25, 0.3) is 5.91 Å². The Morgan fingerprint density at radius 3 is 2.26 bits per heavy atom. The van der Waals surface area contributed by atoms with Crippen molar-refractivity contribution < 1.29 is 9.59 Å². The van der Waals surface area contributed by atoms with Gasteiger partial charge in [0.15, 0.2) is 0 Å². The molecule has 0 radical (unpaired) electrons. The Morgan fingerprint density at radius 1 is 1.04 bits per heavy atom. The number of benzene rings is 2. The molecule has 0 fully saturated rings. The fourth-order valence-electron chi connectivity index (χ4n) is 2.28. The first kappa shape index (κ1) is 17.1. The quantitative estimate of drug-likeness (QED) is 0.520. The highest BCUT2D eigenvalue weighted by Gasteiger charge is 2.17. The molecule has 2 aromatic rings. The summed E-state index contributed by atoms with van der Waals surface area (Å²) < 4.78 is 0. The van der Waals surface area contributed by atoms with E-state index >= 15 is 0 Å². The predicted molar refractivity (Wildman–Crippen MR) is 97.3 cm³/mol. The van der Waals surface area contributed by atoms with E-state index in [1.165, 1.54) is 0 Å². The highest BCUT2D eigenvalue weighted by atomic mass is 31.0. The van der Waals surface area contributed by atoms with Crippen molar-refractivity contribution in [2.45, 2.75) is 19.8 Å². The molecule has 2 aromatic carbocycles. The number of carbonyl (C=O) groups excluding carboxylic acids is 2. The van der Waals surface area contributed by atoms with E-state index in [0.29, 0.717) is 11.1 Å². The minimum absolute atomic E-state index is 0.0741. The lowest BCUT2D eigenvalue weighted by molar-refractivity contribution is 0.0932. The van der Waals surface area contributed by atoms with Crippen LogP contribution in [-0.2, 0) is 0 Å². The van der Waals surface area contributed by atoms with Gasteiger partial charge >= 0.3 is 0 Å². The number of Topliss-reactive ketones (excluding diaryl/α,β-unsaturated/α-hetero) is 1. The van der Waals surface area contributed by atoms with Crippen LogP contribution in [-0.4, -0.2) is 11.7 Å². The summed E-state index contributed by atoms with van der Waals surface area (Å²) in [6.45, 7) is 7.76. The Hall–Kier alpha value is -2.25. The molecule has 23 heavy (non-hydrogen) atoms. The summed E-state index contributed by atoms with van der Waals surface area (Å²) in [6.07, 6.45) is 0. The van der Waals surface area contributed by atoms with Gasteiger partial charge in [0, 0.05) is 11.1 Å². The second-order valence-electron chi connectivity index (χ2n) is 5.63. The van der Waals surface area contributed by atoms with Crippen LogP contribution in [0.4, 0.5) is 0 Å². The number of ketones is 1. The van der Waals surface area contributed by atoms with Crippen LogP contribution in [0.2, 0.25) is 0 Å². The van der Waals surface area contributed by atoms with Gasteiger partial charge in [-0.15, -0.1) is 9.24 Å². The zero-order valence-electron chi connectivity index (χ0n) is 13.3. The maximum Gasteiger partial charge on any atom is 0.256 e. The second-order valence-corrected chi connectivity index (χ2v) is 6.29. The summed E-state index contributed by atoms with van der Waals surface area (Å²) in [5, 5.41) is 3.60. The molecule has 0 spiro atoms. The van der Waals surface area contributed by atoms with Crippen molar-refractivity contribution in [2.75, 3.05) is 0 Å². The van der Waals surface area contributed by atoms with E-state index in [4.69, 9.17) is 0 Å². The number of carbonyl (C=O) groups is 2. The van der Waals surface area contributed by atoms with Crippen LogP contribution < -0.4 is 10.6 Å². The zero-order valence-corrected chi connectivity index (χ0v) is 14.5. The highest BCUT2D eigenvalue weighted by molar-refractivity contribution is 7.27. The van der Waals surface area contributed by atoms with E-state index in [1.807, 2.05) is 44.2 Å². The molecular formula is C19H20NO2P. The molecule has 0 aromatic heterocycles. The summed E-state index contributed by atoms with van der Waals surface area (Å²) >= 11 is 0. The highest BCUT2D eigenvalue weighted by Crippen LogP contribution is 2.19.